The lowest BCUT2D eigenvalue weighted by Crippen LogP contribution is -2.43. The molecule has 0 heterocycles. The second kappa shape index (κ2) is 10.9. The molecule has 128 valence electrons. The summed E-state index contributed by atoms with van der Waals surface area (Å²) in [5, 5.41) is 5.73. The Bertz CT molecular complexity index is 564. The van der Waals surface area contributed by atoms with Gasteiger partial charge in [-0.15, -0.1) is 30.6 Å². The van der Waals surface area contributed by atoms with Gasteiger partial charge in [-0.3, -0.25) is 4.79 Å². The zero-order valence-electron chi connectivity index (χ0n) is 13.1. The van der Waals surface area contributed by atoms with E-state index >= 15 is 0 Å². The molecule has 0 spiro atoms. The summed E-state index contributed by atoms with van der Waals surface area (Å²) in [5.41, 5.74) is 0.138. The van der Waals surface area contributed by atoms with Crippen LogP contribution in [-0.2, 0) is 11.3 Å². The standard InChI is InChI=1S/C15H20F2N4O.HI/c1-4-7-18-15(20-10-14(22)21(2)3)19-9-11-8-12(16)5-6-13(11)17;/h4-6,8H,1,7,9-10H2,2-3H3,(H2,18,19,20);1H. The summed E-state index contributed by atoms with van der Waals surface area (Å²) < 4.78 is 26.6. The van der Waals surface area contributed by atoms with Crippen molar-refractivity contribution in [2.45, 2.75) is 6.54 Å². The van der Waals surface area contributed by atoms with Crippen LogP contribution in [0, 0.1) is 11.6 Å². The van der Waals surface area contributed by atoms with E-state index in [1.807, 2.05) is 0 Å². The molecule has 0 atom stereocenters. The van der Waals surface area contributed by atoms with Gasteiger partial charge in [0, 0.05) is 26.2 Å². The summed E-state index contributed by atoms with van der Waals surface area (Å²) in [6.45, 7) is 3.99. The van der Waals surface area contributed by atoms with E-state index in [0.29, 0.717) is 12.5 Å². The summed E-state index contributed by atoms with van der Waals surface area (Å²) in [5.74, 6) is -0.871. The minimum atomic E-state index is -0.530. The van der Waals surface area contributed by atoms with Gasteiger partial charge in [0.25, 0.3) is 0 Å². The highest BCUT2D eigenvalue weighted by atomic mass is 127. The first kappa shape index (κ1) is 21.3. The molecular weight excluding hydrogens is 417 g/mol. The third-order valence-corrected chi connectivity index (χ3v) is 2.73. The number of hydrogen-bond acceptors (Lipinski definition) is 2. The van der Waals surface area contributed by atoms with Crippen LogP contribution in [0.25, 0.3) is 0 Å². The van der Waals surface area contributed by atoms with Crippen LogP contribution in [0.2, 0.25) is 0 Å². The zero-order valence-corrected chi connectivity index (χ0v) is 15.4. The third-order valence-electron chi connectivity index (χ3n) is 2.73. The molecular formula is C15H21F2IN4O. The topological polar surface area (TPSA) is 56.7 Å². The Kier molecular flexibility index (Phi) is 10.1. The Hall–Kier alpha value is -1.71. The van der Waals surface area contributed by atoms with Crippen molar-refractivity contribution in [1.82, 2.24) is 15.5 Å². The molecule has 1 rings (SSSR count). The molecule has 0 saturated carbocycles. The SMILES string of the molecule is C=CCNC(=NCc1cc(F)ccc1F)NCC(=O)N(C)C.I. The van der Waals surface area contributed by atoms with E-state index in [0.717, 1.165) is 18.2 Å². The first-order valence-electron chi connectivity index (χ1n) is 6.71. The molecule has 0 bridgehead atoms. The zero-order chi connectivity index (χ0) is 16.5. The molecule has 8 heteroatoms. The molecule has 0 radical (unpaired) electrons. The number of amides is 1. The lowest BCUT2D eigenvalue weighted by Gasteiger charge is -2.14. The number of likely N-dealkylation sites (N-methyl/N-ethyl adjacent to an activating group) is 1. The van der Waals surface area contributed by atoms with Crippen molar-refractivity contribution in [2.75, 3.05) is 27.2 Å². The number of aliphatic imine (C=N–C) groups is 1. The highest BCUT2D eigenvalue weighted by Crippen LogP contribution is 2.10. The van der Waals surface area contributed by atoms with E-state index in [1.54, 1.807) is 20.2 Å². The number of nitrogens with one attached hydrogen (secondary N) is 2. The number of carbonyl (C=O) groups is 1. The molecule has 5 nitrogen and oxygen atoms in total. The van der Waals surface area contributed by atoms with Crippen molar-refractivity contribution in [2.24, 2.45) is 4.99 Å². The molecule has 1 amide bonds. The molecule has 0 saturated heterocycles. The van der Waals surface area contributed by atoms with Crippen LogP contribution < -0.4 is 10.6 Å². The lowest BCUT2D eigenvalue weighted by molar-refractivity contribution is -0.127. The van der Waals surface area contributed by atoms with E-state index in [1.165, 1.54) is 4.90 Å². The van der Waals surface area contributed by atoms with Crippen LogP contribution in [0.4, 0.5) is 8.78 Å². The number of benzene rings is 1. The van der Waals surface area contributed by atoms with Crippen molar-refractivity contribution in [3.63, 3.8) is 0 Å². The summed E-state index contributed by atoms with van der Waals surface area (Å²) >= 11 is 0. The van der Waals surface area contributed by atoms with Crippen LogP contribution in [0.15, 0.2) is 35.8 Å². The molecule has 0 unspecified atom stereocenters. The summed E-state index contributed by atoms with van der Waals surface area (Å²) in [6.07, 6.45) is 1.62. The number of nitrogens with zero attached hydrogens (tertiary/aromatic N) is 2. The molecule has 23 heavy (non-hydrogen) atoms. The van der Waals surface area contributed by atoms with Crippen LogP contribution >= 0.6 is 24.0 Å². The predicted molar refractivity (Wildman–Crippen MR) is 97.8 cm³/mol. The van der Waals surface area contributed by atoms with Crippen molar-refractivity contribution in [3.05, 3.63) is 48.1 Å². The normalized spacial score (nSPS) is 10.5. The highest BCUT2D eigenvalue weighted by Gasteiger charge is 2.07. The monoisotopic (exact) mass is 438 g/mol. The van der Waals surface area contributed by atoms with Gasteiger partial charge in [0.2, 0.25) is 5.91 Å². The van der Waals surface area contributed by atoms with Crippen molar-refractivity contribution in [1.29, 1.82) is 0 Å². The van der Waals surface area contributed by atoms with Crippen molar-refractivity contribution >= 4 is 35.8 Å². The van der Waals surface area contributed by atoms with Gasteiger partial charge in [-0.2, -0.15) is 0 Å². The van der Waals surface area contributed by atoms with Gasteiger partial charge in [0.15, 0.2) is 5.96 Å². The molecule has 0 fully saturated rings. The largest absolute Gasteiger partial charge is 0.353 e. The quantitative estimate of drug-likeness (QED) is 0.309. The first-order valence-corrected chi connectivity index (χ1v) is 6.71. The molecule has 2 N–H and O–H groups in total. The van der Waals surface area contributed by atoms with Gasteiger partial charge >= 0.3 is 0 Å². The average molecular weight is 438 g/mol. The second-order valence-electron chi connectivity index (χ2n) is 4.71. The first-order chi connectivity index (χ1) is 10.4. The fourth-order valence-corrected chi connectivity index (χ4v) is 1.49. The van der Waals surface area contributed by atoms with E-state index in [9.17, 15) is 13.6 Å². The summed E-state index contributed by atoms with van der Waals surface area (Å²) in [4.78, 5) is 17.1. The Morgan fingerprint density at radius 1 is 1.35 bits per heavy atom. The van der Waals surface area contributed by atoms with E-state index in [2.05, 4.69) is 22.2 Å². The van der Waals surface area contributed by atoms with E-state index in [-0.39, 0.29) is 48.5 Å². The molecule has 0 aromatic heterocycles. The van der Waals surface area contributed by atoms with E-state index in [4.69, 9.17) is 0 Å². The number of halogens is 3. The predicted octanol–water partition coefficient (Wildman–Crippen LogP) is 1.89. The third kappa shape index (κ3) is 7.91. The fourth-order valence-electron chi connectivity index (χ4n) is 1.49. The van der Waals surface area contributed by atoms with Crippen molar-refractivity contribution in [3.8, 4) is 0 Å². The van der Waals surface area contributed by atoms with Gasteiger partial charge in [0.1, 0.15) is 11.6 Å². The summed E-state index contributed by atoms with van der Waals surface area (Å²) in [6, 6.07) is 3.20. The maximum atomic E-state index is 13.5. The highest BCUT2D eigenvalue weighted by molar-refractivity contribution is 14.0. The lowest BCUT2D eigenvalue weighted by atomic mass is 10.2. The second-order valence-corrected chi connectivity index (χ2v) is 4.71. The van der Waals surface area contributed by atoms with Crippen LogP contribution in [-0.4, -0.2) is 44.0 Å². The van der Waals surface area contributed by atoms with E-state index < -0.39 is 11.6 Å². The van der Waals surface area contributed by atoms with Crippen LogP contribution in [0.5, 0.6) is 0 Å². The average Bonchev–Trinajstić information content (AvgIpc) is 2.49. The van der Waals surface area contributed by atoms with Crippen LogP contribution in [0.3, 0.4) is 0 Å². The minimum absolute atomic E-state index is 0. The van der Waals surface area contributed by atoms with Gasteiger partial charge < -0.3 is 15.5 Å². The Morgan fingerprint density at radius 3 is 2.65 bits per heavy atom. The number of guanidine groups is 1. The molecule has 0 aliphatic rings. The molecule has 1 aromatic rings. The molecule has 1 aromatic carbocycles. The van der Waals surface area contributed by atoms with Crippen LogP contribution in [0.1, 0.15) is 5.56 Å². The molecule has 0 aliphatic heterocycles. The van der Waals surface area contributed by atoms with Gasteiger partial charge in [-0.25, -0.2) is 13.8 Å². The number of carbonyl (C=O) groups excluding carboxylic acids is 1. The Labute approximate surface area is 151 Å². The minimum Gasteiger partial charge on any atom is -0.353 e. The van der Waals surface area contributed by atoms with Gasteiger partial charge in [0.05, 0.1) is 13.1 Å². The maximum Gasteiger partial charge on any atom is 0.241 e. The number of hydrogen-bond donors (Lipinski definition) is 2. The Morgan fingerprint density at radius 2 is 2.04 bits per heavy atom. The van der Waals surface area contributed by atoms with Gasteiger partial charge in [-0.1, -0.05) is 6.08 Å². The van der Waals surface area contributed by atoms with Crippen molar-refractivity contribution < 1.29 is 13.6 Å². The maximum absolute atomic E-state index is 13.5. The van der Waals surface area contributed by atoms with Gasteiger partial charge in [-0.05, 0) is 18.2 Å². The fraction of sp³-hybridized carbons (Fsp3) is 0.333. The molecule has 0 aliphatic carbocycles. The number of rotatable bonds is 6. The smallest absolute Gasteiger partial charge is 0.241 e. The summed E-state index contributed by atoms with van der Waals surface area (Å²) in [7, 11) is 3.28. The Balaban J connectivity index is 0.00000484.